The maximum atomic E-state index is 14.8. The van der Waals surface area contributed by atoms with Crippen LogP contribution < -0.4 is 15.0 Å². The van der Waals surface area contributed by atoms with Gasteiger partial charge in [0.25, 0.3) is 5.91 Å². The molecule has 6 rings (SSSR count). The van der Waals surface area contributed by atoms with E-state index in [0.29, 0.717) is 54.4 Å². The molecule has 2 N–H and O–H groups in total. The summed E-state index contributed by atoms with van der Waals surface area (Å²) in [5, 5.41) is 27.9. The van der Waals surface area contributed by atoms with Crippen LogP contribution >= 0.6 is 15.9 Å². The van der Waals surface area contributed by atoms with E-state index >= 15 is 0 Å². The van der Waals surface area contributed by atoms with Crippen molar-refractivity contribution >= 4 is 50.4 Å². The summed E-state index contributed by atoms with van der Waals surface area (Å²) < 4.78 is 14.8. The van der Waals surface area contributed by atoms with Crippen molar-refractivity contribution in [3.05, 3.63) is 82.5 Å². The Morgan fingerprint density at radius 2 is 1.87 bits per heavy atom. The monoisotopic (exact) mass is 686 g/mol. The smallest absolute Gasteiger partial charge is 0.407 e. The summed E-state index contributed by atoms with van der Waals surface area (Å²) in [6.07, 6.45) is -0.643. The highest BCUT2D eigenvalue weighted by Gasteiger charge is 2.52. The highest BCUT2D eigenvalue weighted by molar-refractivity contribution is 9.10. The van der Waals surface area contributed by atoms with Crippen molar-refractivity contribution in [2.75, 3.05) is 25.2 Å². The minimum absolute atomic E-state index is 0.0165. The molecule has 0 bridgehead atoms. The topological polar surface area (TPSA) is 150 Å². The molecule has 1 aromatic heterocycles. The van der Waals surface area contributed by atoms with Gasteiger partial charge in [-0.1, -0.05) is 46.3 Å². The maximum Gasteiger partial charge on any atom is 0.407 e. The zero-order valence-electron chi connectivity index (χ0n) is 25.1. The number of hydrogen-bond donors (Lipinski definition) is 2. The Balaban J connectivity index is 1.47. The molecule has 3 aromatic carbocycles. The van der Waals surface area contributed by atoms with Crippen LogP contribution in [-0.4, -0.2) is 75.6 Å². The van der Waals surface area contributed by atoms with Gasteiger partial charge in [0.2, 0.25) is 5.91 Å². The lowest BCUT2D eigenvalue weighted by Crippen LogP contribution is -2.65. The third-order valence-corrected chi connectivity index (χ3v) is 9.17. The van der Waals surface area contributed by atoms with Crippen LogP contribution in [0.2, 0.25) is 0 Å². The Morgan fingerprint density at radius 1 is 1.15 bits per heavy atom. The Bertz CT molecular complexity index is 1880. The van der Waals surface area contributed by atoms with Gasteiger partial charge in [0.1, 0.15) is 29.5 Å². The number of aromatic nitrogens is 2. The molecule has 2 aliphatic rings. The molecule has 2 atom stereocenters. The van der Waals surface area contributed by atoms with E-state index < -0.39 is 35.6 Å². The molecule has 13 heteroatoms. The van der Waals surface area contributed by atoms with E-state index in [9.17, 15) is 24.8 Å². The van der Waals surface area contributed by atoms with Crippen molar-refractivity contribution in [1.82, 2.24) is 20.0 Å². The molecule has 3 amide bonds. The fourth-order valence-electron chi connectivity index (χ4n) is 5.97. The number of nitriles is 1. The molecule has 0 aliphatic carbocycles. The first-order valence-electron chi connectivity index (χ1n) is 14.7. The largest absolute Gasteiger partial charge is 0.482 e. The summed E-state index contributed by atoms with van der Waals surface area (Å²) >= 11 is 3.53. The average Bonchev–Trinajstić information content (AvgIpc) is 3.40. The van der Waals surface area contributed by atoms with Crippen LogP contribution in [0.5, 0.6) is 5.75 Å². The number of nitrogens with one attached hydrogen (secondary N) is 1. The second-order valence-corrected chi connectivity index (χ2v) is 12.2. The number of carbonyl (C=O) groups is 3. The number of anilines is 1. The number of amides is 3. The minimum Gasteiger partial charge on any atom is -0.482 e. The third kappa shape index (κ3) is 5.54. The van der Waals surface area contributed by atoms with Crippen LogP contribution in [0.4, 0.5) is 10.5 Å². The highest BCUT2D eigenvalue weighted by atomic mass is 79.9. The number of carboxylic acid groups (broad SMARTS) is 1. The predicted octanol–water partition coefficient (Wildman–Crippen LogP) is 4.62. The summed E-state index contributed by atoms with van der Waals surface area (Å²) in [6, 6.07) is 20.1. The summed E-state index contributed by atoms with van der Waals surface area (Å²) in [4.78, 5) is 42.4. The molecule has 0 saturated carbocycles. The lowest BCUT2D eigenvalue weighted by molar-refractivity contribution is -0.139. The zero-order chi connectivity index (χ0) is 32.6. The van der Waals surface area contributed by atoms with E-state index in [0.717, 1.165) is 20.3 Å². The molecule has 2 aliphatic heterocycles. The molecule has 236 valence electrons. The van der Waals surface area contributed by atoms with E-state index in [1.54, 1.807) is 33.8 Å². The Kier molecular flexibility index (Phi) is 8.41. The molecule has 1 saturated heterocycles. The van der Waals surface area contributed by atoms with Crippen LogP contribution in [0.1, 0.15) is 31.0 Å². The van der Waals surface area contributed by atoms with Gasteiger partial charge in [-0.3, -0.25) is 14.5 Å². The number of para-hydroxylation sites is 2. The van der Waals surface area contributed by atoms with Crippen molar-refractivity contribution in [1.29, 1.82) is 5.26 Å². The fourth-order valence-corrected chi connectivity index (χ4v) is 6.31. The number of nitrogens with zero attached hydrogens (tertiary/aromatic N) is 5. The van der Waals surface area contributed by atoms with Crippen molar-refractivity contribution < 1.29 is 29.0 Å². The number of ether oxygens (including phenoxy) is 2. The first kappa shape index (κ1) is 31.1. The average molecular weight is 688 g/mol. The number of halogens is 1. The Labute approximate surface area is 273 Å². The summed E-state index contributed by atoms with van der Waals surface area (Å²) in [5.74, 6) is -0.624. The van der Waals surface area contributed by atoms with E-state index in [1.165, 1.54) is 14.0 Å². The van der Waals surface area contributed by atoms with Gasteiger partial charge in [-0.2, -0.15) is 10.4 Å². The van der Waals surface area contributed by atoms with Crippen LogP contribution in [0.15, 0.2) is 71.2 Å². The van der Waals surface area contributed by atoms with E-state index in [1.807, 2.05) is 42.5 Å². The van der Waals surface area contributed by atoms with Gasteiger partial charge in [-0.25, -0.2) is 9.48 Å². The first-order valence-corrected chi connectivity index (χ1v) is 15.5. The highest BCUT2D eigenvalue weighted by Crippen LogP contribution is 2.43. The van der Waals surface area contributed by atoms with Gasteiger partial charge >= 0.3 is 6.09 Å². The Morgan fingerprint density at radius 3 is 2.61 bits per heavy atom. The van der Waals surface area contributed by atoms with Crippen LogP contribution in [0.25, 0.3) is 16.6 Å². The predicted molar refractivity (Wildman–Crippen MR) is 172 cm³/mol. The van der Waals surface area contributed by atoms with Gasteiger partial charge in [0.15, 0.2) is 0 Å². The van der Waals surface area contributed by atoms with Gasteiger partial charge in [0.05, 0.1) is 47.9 Å². The molecule has 3 heterocycles. The number of benzene rings is 3. The number of rotatable bonds is 6. The first-order chi connectivity index (χ1) is 22.1. The maximum absolute atomic E-state index is 14.8. The summed E-state index contributed by atoms with van der Waals surface area (Å²) in [6.45, 7) is 2.09. The van der Waals surface area contributed by atoms with Crippen LogP contribution in [-0.2, 0) is 20.9 Å². The van der Waals surface area contributed by atoms with Gasteiger partial charge < -0.3 is 24.8 Å². The molecule has 0 unspecified atom stereocenters. The van der Waals surface area contributed by atoms with Gasteiger partial charge in [-0.05, 0) is 43.3 Å². The van der Waals surface area contributed by atoms with E-state index in [-0.39, 0.29) is 6.54 Å². The van der Waals surface area contributed by atoms with Crippen molar-refractivity contribution in [2.45, 2.75) is 44.0 Å². The Hall–Kier alpha value is -4.93. The molecular formula is C33H31BrN6O6. The van der Waals surface area contributed by atoms with Crippen molar-refractivity contribution in [3.8, 4) is 17.5 Å². The zero-order valence-corrected chi connectivity index (χ0v) is 26.7. The number of carbonyl (C=O) groups excluding carboxylic acids is 2. The lowest BCUT2D eigenvalue weighted by Gasteiger charge is -2.42. The number of hydrogen-bond acceptors (Lipinski definition) is 7. The van der Waals surface area contributed by atoms with E-state index in [4.69, 9.17) is 14.6 Å². The molecule has 4 aromatic rings. The number of likely N-dealkylation sites (N-methyl/N-ethyl adjacent to an activating group) is 1. The lowest BCUT2D eigenvalue weighted by atomic mass is 9.84. The van der Waals surface area contributed by atoms with Crippen molar-refractivity contribution in [3.63, 3.8) is 0 Å². The second-order valence-electron chi connectivity index (χ2n) is 11.3. The molecule has 46 heavy (non-hydrogen) atoms. The molecule has 0 radical (unpaired) electrons. The standard InChI is InChI=1S/C33H31BrN6O6/c1-20(38(2)32(43)44)30(41)36-29-31(42)39(27-12-11-22(34)17-28(27)46-33(29)13-15-45-16-14-33)19-24-23-8-4-6-10-26(23)40(37-24)25-9-5-3-7-21(25)18-35/h3-12,17,20,29H,13-16,19H2,1-2H3,(H,36,41)(H,43,44)/t20-,29+/m0/s1. The second kappa shape index (κ2) is 12.5. The quantitative estimate of drug-likeness (QED) is 0.298. The van der Waals surface area contributed by atoms with Gasteiger partial charge in [-0.15, -0.1) is 0 Å². The SMILES string of the molecule is C[C@@H](C(=O)N[C@@H]1C(=O)N(Cc2nn(-c3ccccc3C#N)c3ccccc23)c2ccc(Br)cc2OC12CCOCC2)N(C)C(=O)O. The molecule has 12 nitrogen and oxygen atoms in total. The van der Waals surface area contributed by atoms with E-state index in [2.05, 4.69) is 27.3 Å². The summed E-state index contributed by atoms with van der Waals surface area (Å²) in [7, 11) is 1.30. The normalized spacial score (nSPS) is 17.8. The molecule has 1 fully saturated rings. The minimum atomic E-state index is -1.27. The van der Waals surface area contributed by atoms with Crippen molar-refractivity contribution in [2.24, 2.45) is 0 Å². The fraction of sp³-hybridized carbons (Fsp3) is 0.303. The van der Waals surface area contributed by atoms with Gasteiger partial charge in [0, 0.05) is 29.7 Å². The summed E-state index contributed by atoms with van der Waals surface area (Å²) in [5.41, 5.74) is 1.70. The number of fused-ring (bicyclic) bond motifs is 2. The van der Waals surface area contributed by atoms with Crippen LogP contribution in [0.3, 0.4) is 0 Å². The molecular weight excluding hydrogens is 656 g/mol. The van der Waals surface area contributed by atoms with Crippen LogP contribution in [0, 0.1) is 11.3 Å². The third-order valence-electron chi connectivity index (χ3n) is 8.68. The molecule has 1 spiro atoms.